The van der Waals surface area contributed by atoms with Gasteiger partial charge in [-0.3, -0.25) is 4.79 Å². The van der Waals surface area contributed by atoms with Gasteiger partial charge in [-0.15, -0.1) is 0 Å². The predicted octanol–water partition coefficient (Wildman–Crippen LogP) is 7.57. The third-order valence-corrected chi connectivity index (χ3v) is 11.6. The number of carbonyl (C=O) groups excluding carboxylic acids is 2. The van der Waals surface area contributed by atoms with Crippen LogP contribution >= 0.6 is 0 Å². The number of fused-ring (bicyclic) bond motifs is 1. The first-order valence-electron chi connectivity index (χ1n) is 16.9. The lowest BCUT2D eigenvalue weighted by molar-refractivity contribution is -0.204. The van der Waals surface area contributed by atoms with Crippen LogP contribution in [0.4, 0.5) is 0 Å². The van der Waals surface area contributed by atoms with Crippen LogP contribution in [-0.2, 0) is 34.1 Å². The standard InChI is InChI=1S/C41H44O6/c1-29(42)47-36-22-24-38(2)34(21-25-40(28-45-40)35(38)20-19-30-23-26-44-37(30)43)39(36,3)27-46-41(31-13-7-4-8-14-31,32-15-9-5-10-16-32)33-17-11-6-12-18-33/h4-20,23,34-36H,21-22,24-28H2,1-3H3/b20-19+/t34-,35-,36+,38+,39-,40+/m0/s1. The Bertz CT molecular complexity index is 1560. The maximum absolute atomic E-state index is 12.6. The molecule has 2 heterocycles. The molecule has 0 radical (unpaired) electrons. The Morgan fingerprint density at radius 1 is 0.894 bits per heavy atom. The fourth-order valence-corrected chi connectivity index (χ4v) is 9.24. The van der Waals surface area contributed by atoms with Crippen LogP contribution in [0.25, 0.3) is 0 Å². The molecule has 2 saturated carbocycles. The van der Waals surface area contributed by atoms with E-state index in [0.717, 1.165) is 36.0 Å². The summed E-state index contributed by atoms with van der Waals surface area (Å²) in [4.78, 5) is 24.9. The highest BCUT2D eigenvalue weighted by atomic mass is 16.6. The molecule has 0 aromatic heterocycles. The van der Waals surface area contributed by atoms with Gasteiger partial charge >= 0.3 is 11.9 Å². The van der Waals surface area contributed by atoms with Crippen LogP contribution in [-0.4, -0.2) is 43.5 Å². The molecule has 1 saturated heterocycles. The molecular formula is C41H44O6. The molecule has 6 atom stereocenters. The van der Waals surface area contributed by atoms with Gasteiger partial charge in [0, 0.05) is 18.3 Å². The molecule has 3 fully saturated rings. The molecule has 0 amide bonds. The number of hydrogen-bond donors (Lipinski definition) is 0. The Morgan fingerprint density at radius 2 is 1.47 bits per heavy atom. The van der Waals surface area contributed by atoms with Crippen LogP contribution in [0, 0.1) is 22.7 Å². The minimum absolute atomic E-state index is 0.0859. The van der Waals surface area contributed by atoms with Gasteiger partial charge in [-0.2, -0.15) is 0 Å². The largest absolute Gasteiger partial charge is 0.462 e. The summed E-state index contributed by atoms with van der Waals surface area (Å²) < 4.78 is 25.1. The van der Waals surface area contributed by atoms with Crippen LogP contribution in [0.1, 0.15) is 63.1 Å². The molecule has 0 bridgehead atoms. The predicted molar refractivity (Wildman–Crippen MR) is 179 cm³/mol. The van der Waals surface area contributed by atoms with E-state index in [0.29, 0.717) is 31.8 Å². The van der Waals surface area contributed by atoms with Crippen molar-refractivity contribution in [3.63, 3.8) is 0 Å². The number of benzene rings is 3. The number of carbonyl (C=O) groups is 2. The van der Waals surface area contributed by atoms with Crippen molar-refractivity contribution in [1.29, 1.82) is 0 Å². The summed E-state index contributed by atoms with van der Waals surface area (Å²) in [6, 6.07) is 31.2. The van der Waals surface area contributed by atoms with Crippen molar-refractivity contribution in [3.8, 4) is 0 Å². The van der Waals surface area contributed by atoms with Gasteiger partial charge in [-0.1, -0.05) is 117 Å². The SMILES string of the molecule is CC(=O)O[C@@H]1CC[C@]2(C)[C@H](CC[C@@]3(CO3)[C@H]2/C=C/C2=CCOC2=O)[C@]1(C)COC(c1ccccc1)(c1ccccc1)c1ccccc1. The number of cyclic esters (lactones) is 1. The summed E-state index contributed by atoms with van der Waals surface area (Å²) >= 11 is 0. The van der Waals surface area contributed by atoms with E-state index in [2.05, 4.69) is 92.7 Å². The van der Waals surface area contributed by atoms with Crippen molar-refractivity contribution in [1.82, 2.24) is 0 Å². The van der Waals surface area contributed by atoms with E-state index in [1.165, 1.54) is 6.92 Å². The Morgan fingerprint density at radius 3 is 1.96 bits per heavy atom. The second-order valence-electron chi connectivity index (χ2n) is 14.3. The summed E-state index contributed by atoms with van der Waals surface area (Å²) in [5, 5.41) is 0. The average Bonchev–Trinajstić information content (AvgIpc) is 3.74. The Labute approximate surface area is 277 Å². The Hall–Kier alpha value is -4.00. The van der Waals surface area contributed by atoms with E-state index in [1.807, 2.05) is 30.4 Å². The Kier molecular flexibility index (Phi) is 8.22. The van der Waals surface area contributed by atoms with Crippen molar-refractivity contribution in [3.05, 3.63) is 131 Å². The van der Waals surface area contributed by atoms with E-state index < -0.39 is 11.0 Å². The van der Waals surface area contributed by atoms with E-state index in [9.17, 15) is 9.59 Å². The molecule has 3 aromatic rings. The molecule has 244 valence electrons. The molecule has 2 aliphatic carbocycles. The number of epoxide rings is 1. The molecular weight excluding hydrogens is 588 g/mol. The Balaban J connectivity index is 1.32. The van der Waals surface area contributed by atoms with Gasteiger partial charge in [-0.05, 0) is 59.8 Å². The molecule has 6 nitrogen and oxygen atoms in total. The van der Waals surface area contributed by atoms with Crippen LogP contribution in [0.2, 0.25) is 0 Å². The average molecular weight is 633 g/mol. The van der Waals surface area contributed by atoms with Crippen molar-refractivity contribution < 1.29 is 28.5 Å². The fraction of sp³-hybridized carbons (Fsp3) is 0.415. The minimum atomic E-state index is -0.897. The van der Waals surface area contributed by atoms with Crippen LogP contribution < -0.4 is 0 Å². The molecule has 2 aliphatic heterocycles. The monoisotopic (exact) mass is 632 g/mol. The zero-order valence-corrected chi connectivity index (χ0v) is 27.5. The number of hydrogen-bond acceptors (Lipinski definition) is 6. The van der Waals surface area contributed by atoms with Crippen molar-refractivity contribution in [2.75, 3.05) is 19.8 Å². The number of rotatable bonds is 9. The maximum atomic E-state index is 12.6. The van der Waals surface area contributed by atoms with Gasteiger partial charge in [0.1, 0.15) is 18.3 Å². The van der Waals surface area contributed by atoms with E-state index in [1.54, 1.807) is 0 Å². The molecule has 7 rings (SSSR count). The third-order valence-electron chi connectivity index (χ3n) is 11.6. The molecule has 6 heteroatoms. The highest BCUT2D eigenvalue weighted by Gasteiger charge is 2.67. The van der Waals surface area contributed by atoms with E-state index >= 15 is 0 Å². The minimum Gasteiger partial charge on any atom is -0.462 e. The van der Waals surface area contributed by atoms with Gasteiger partial charge < -0.3 is 18.9 Å². The topological polar surface area (TPSA) is 74.4 Å². The molecule has 3 aromatic carbocycles. The lowest BCUT2D eigenvalue weighted by Gasteiger charge is -2.61. The fourth-order valence-electron chi connectivity index (χ4n) is 9.24. The molecule has 0 unspecified atom stereocenters. The van der Waals surface area contributed by atoms with Crippen LogP contribution in [0.15, 0.2) is 115 Å². The summed E-state index contributed by atoms with van der Waals surface area (Å²) in [6.45, 7) is 7.54. The van der Waals surface area contributed by atoms with Gasteiger partial charge in [0.05, 0.1) is 24.4 Å². The highest BCUT2D eigenvalue weighted by molar-refractivity contribution is 5.93. The normalized spacial score (nSPS) is 31.7. The summed E-state index contributed by atoms with van der Waals surface area (Å²) in [6.07, 6.45) is 9.08. The highest BCUT2D eigenvalue weighted by Crippen LogP contribution is 2.66. The first-order valence-corrected chi connectivity index (χ1v) is 16.9. The number of esters is 2. The second-order valence-corrected chi connectivity index (χ2v) is 14.3. The van der Waals surface area contributed by atoms with Crippen molar-refractivity contribution in [2.45, 2.75) is 63.8 Å². The van der Waals surface area contributed by atoms with E-state index in [4.69, 9.17) is 18.9 Å². The van der Waals surface area contributed by atoms with E-state index in [-0.39, 0.29) is 40.9 Å². The van der Waals surface area contributed by atoms with Crippen molar-refractivity contribution in [2.24, 2.45) is 22.7 Å². The first-order chi connectivity index (χ1) is 22.7. The zero-order valence-electron chi connectivity index (χ0n) is 27.5. The van der Waals surface area contributed by atoms with Gasteiger partial charge in [-0.25, -0.2) is 4.79 Å². The van der Waals surface area contributed by atoms with Gasteiger partial charge in [0.25, 0.3) is 0 Å². The number of ether oxygens (including phenoxy) is 4. The maximum Gasteiger partial charge on any atom is 0.338 e. The molecule has 47 heavy (non-hydrogen) atoms. The quantitative estimate of drug-likeness (QED) is 0.138. The molecule has 0 N–H and O–H groups in total. The lowest BCUT2D eigenvalue weighted by Crippen LogP contribution is -2.61. The third kappa shape index (κ3) is 5.45. The first kappa shape index (κ1) is 31.6. The smallest absolute Gasteiger partial charge is 0.338 e. The summed E-state index contributed by atoms with van der Waals surface area (Å²) in [5.41, 5.74) is 1.88. The second kappa shape index (κ2) is 12.2. The summed E-state index contributed by atoms with van der Waals surface area (Å²) in [7, 11) is 0. The summed E-state index contributed by atoms with van der Waals surface area (Å²) in [5.74, 6) is -0.309. The van der Waals surface area contributed by atoms with Gasteiger partial charge in [0.15, 0.2) is 0 Å². The van der Waals surface area contributed by atoms with Gasteiger partial charge in [0.2, 0.25) is 0 Å². The molecule has 1 spiro atoms. The van der Waals surface area contributed by atoms with Crippen LogP contribution in [0.5, 0.6) is 0 Å². The molecule has 4 aliphatic rings. The van der Waals surface area contributed by atoms with Crippen LogP contribution in [0.3, 0.4) is 0 Å². The van der Waals surface area contributed by atoms with Crippen molar-refractivity contribution >= 4 is 11.9 Å². The zero-order chi connectivity index (χ0) is 32.7. The lowest BCUT2D eigenvalue weighted by atomic mass is 9.45.